The molecule has 0 atom stereocenters. The molecule has 0 spiro atoms. The largest absolute Gasteiger partial charge is 0.497 e. The molecular formula is C22H23N3O6. The molecule has 2 aromatic carbocycles. The highest BCUT2D eigenvalue weighted by Crippen LogP contribution is 2.24. The molecule has 162 valence electrons. The quantitative estimate of drug-likeness (QED) is 0.503. The van der Waals surface area contributed by atoms with Gasteiger partial charge in [-0.25, -0.2) is 15.4 Å². The van der Waals surface area contributed by atoms with Gasteiger partial charge in [0, 0.05) is 11.6 Å². The molecule has 0 bridgehead atoms. The van der Waals surface area contributed by atoms with Crippen LogP contribution in [0.5, 0.6) is 23.1 Å². The number of carbonyl (C=O) groups excluding carboxylic acids is 1. The van der Waals surface area contributed by atoms with Gasteiger partial charge in [-0.15, -0.1) is 0 Å². The number of methoxy groups -OCH3 is 2. The second-order valence-corrected chi connectivity index (χ2v) is 6.33. The van der Waals surface area contributed by atoms with Crippen molar-refractivity contribution >= 4 is 5.91 Å². The van der Waals surface area contributed by atoms with Gasteiger partial charge in [0.2, 0.25) is 5.88 Å². The standard InChI is InChI=1S/C22H23N3O6/c1-4-30-16-7-5-15(6-8-16)19-12-23-21(26)20(24-19)22(27)25-31-13-14-9-17(28-2)11-18(10-14)29-3/h5-12H,4,13H2,1-3H3,(H,23,26)(H,25,27). The van der Waals surface area contributed by atoms with Crippen molar-refractivity contribution in [2.24, 2.45) is 0 Å². The van der Waals surface area contributed by atoms with E-state index in [1.807, 2.05) is 6.92 Å². The number of carbonyl (C=O) groups is 1. The van der Waals surface area contributed by atoms with Crippen molar-refractivity contribution < 1.29 is 28.9 Å². The highest BCUT2D eigenvalue weighted by molar-refractivity contribution is 5.94. The highest BCUT2D eigenvalue weighted by atomic mass is 16.7. The van der Waals surface area contributed by atoms with E-state index in [0.29, 0.717) is 23.8 Å². The Morgan fingerprint density at radius 3 is 2.32 bits per heavy atom. The number of nitrogens with one attached hydrogen (secondary N) is 1. The van der Waals surface area contributed by atoms with Crippen LogP contribution in [0.25, 0.3) is 11.3 Å². The summed E-state index contributed by atoms with van der Waals surface area (Å²) in [4.78, 5) is 25.8. The molecule has 0 aliphatic heterocycles. The van der Waals surface area contributed by atoms with E-state index in [2.05, 4.69) is 15.4 Å². The zero-order valence-corrected chi connectivity index (χ0v) is 17.4. The minimum absolute atomic E-state index is 0.0477. The van der Waals surface area contributed by atoms with Crippen molar-refractivity contribution in [3.63, 3.8) is 0 Å². The Morgan fingerprint density at radius 2 is 1.71 bits per heavy atom. The third-order valence-electron chi connectivity index (χ3n) is 4.24. The fourth-order valence-corrected chi connectivity index (χ4v) is 2.75. The fraction of sp³-hybridized carbons (Fsp3) is 0.227. The minimum atomic E-state index is -0.729. The first-order valence-corrected chi connectivity index (χ1v) is 9.47. The lowest BCUT2D eigenvalue weighted by Crippen LogP contribution is -2.25. The molecule has 3 rings (SSSR count). The first-order chi connectivity index (χ1) is 15.0. The number of aromatic hydroxyl groups is 1. The van der Waals surface area contributed by atoms with Crippen molar-refractivity contribution in [3.8, 4) is 34.4 Å². The van der Waals surface area contributed by atoms with Gasteiger partial charge in [-0.2, -0.15) is 0 Å². The van der Waals surface area contributed by atoms with E-state index in [1.54, 1.807) is 56.7 Å². The van der Waals surface area contributed by atoms with Crippen molar-refractivity contribution in [3.05, 3.63) is 59.9 Å². The van der Waals surface area contributed by atoms with Crippen LogP contribution in [-0.4, -0.2) is 41.8 Å². The molecular weight excluding hydrogens is 402 g/mol. The normalized spacial score (nSPS) is 10.4. The molecule has 0 saturated heterocycles. The maximum absolute atomic E-state index is 12.5. The van der Waals surface area contributed by atoms with Crippen LogP contribution in [0.15, 0.2) is 48.7 Å². The number of ether oxygens (including phenoxy) is 3. The lowest BCUT2D eigenvalue weighted by molar-refractivity contribution is 0.0226. The van der Waals surface area contributed by atoms with E-state index in [4.69, 9.17) is 19.0 Å². The molecule has 0 fully saturated rings. The minimum Gasteiger partial charge on any atom is -0.497 e. The van der Waals surface area contributed by atoms with Crippen molar-refractivity contribution in [1.82, 2.24) is 15.4 Å². The third-order valence-corrected chi connectivity index (χ3v) is 4.24. The van der Waals surface area contributed by atoms with Crippen LogP contribution < -0.4 is 19.7 Å². The Morgan fingerprint density at radius 1 is 1.03 bits per heavy atom. The zero-order valence-electron chi connectivity index (χ0n) is 17.4. The van der Waals surface area contributed by atoms with Crippen LogP contribution in [-0.2, 0) is 11.4 Å². The fourth-order valence-electron chi connectivity index (χ4n) is 2.75. The van der Waals surface area contributed by atoms with Gasteiger partial charge in [-0.1, -0.05) is 0 Å². The van der Waals surface area contributed by atoms with Gasteiger partial charge < -0.3 is 19.3 Å². The molecule has 9 nitrogen and oxygen atoms in total. The maximum Gasteiger partial charge on any atom is 0.299 e. The van der Waals surface area contributed by atoms with Gasteiger partial charge in [0.05, 0.1) is 32.7 Å². The van der Waals surface area contributed by atoms with E-state index in [9.17, 15) is 9.90 Å². The average molecular weight is 425 g/mol. The second kappa shape index (κ2) is 10.3. The van der Waals surface area contributed by atoms with Crippen molar-refractivity contribution in [1.29, 1.82) is 0 Å². The van der Waals surface area contributed by atoms with Crippen molar-refractivity contribution in [2.45, 2.75) is 13.5 Å². The Kier molecular flexibility index (Phi) is 7.23. The Hall–Kier alpha value is -3.85. The van der Waals surface area contributed by atoms with Crippen LogP contribution in [0.1, 0.15) is 23.0 Å². The molecule has 2 N–H and O–H groups in total. The van der Waals surface area contributed by atoms with Crippen LogP contribution in [0.3, 0.4) is 0 Å². The molecule has 1 heterocycles. The van der Waals surface area contributed by atoms with Crippen LogP contribution in [0.4, 0.5) is 0 Å². The molecule has 0 unspecified atom stereocenters. The van der Waals surface area contributed by atoms with E-state index in [-0.39, 0.29) is 12.3 Å². The van der Waals surface area contributed by atoms with Crippen LogP contribution in [0.2, 0.25) is 0 Å². The van der Waals surface area contributed by atoms with Gasteiger partial charge in [0.25, 0.3) is 5.91 Å². The van der Waals surface area contributed by atoms with Gasteiger partial charge in [0.1, 0.15) is 23.9 Å². The number of hydroxylamine groups is 1. The molecule has 1 amide bonds. The topological polar surface area (TPSA) is 112 Å². The SMILES string of the molecule is CCOc1ccc(-c2cnc(O)c(C(=O)NOCc3cc(OC)cc(OC)c3)n2)cc1. The number of nitrogens with zero attached hydrogens (tertiary/aromatic N) is 2. The Bertz CT molecular complexity index is 1020. The summed E-state index contributed by atoms with van der Waals surface area (Å²) in [7, 11) is 3.08. The number of hydrogen-bond acceptors (Lipinski definition) is 8. The molecule has 1 aromatic heterocycles. The summed E-state index contributed by atoms with van der Waals surface area (Å²) < 4.78 is 15.8. The third kappa shape index (κ3) is 5.61. The van der Waals surface area contributed by atoms with E-state index in [0.717, 1.165) is 16.9 Å². The highest BCUT2D eigenvalue weighted by Gasteiger charge is 2.17. The number of rotatable bonds is 9. The number of aromatic nitrogens is 2. The molecule has 0 radical (unpaired) electrons. The number of benzene rings is 2. The zero-order chi connectivity index (χ0) is 22.2. The number of hydrogen-bond donors (Lipinski definition) is 2. The predicted octanol–water partition coefficient (Wildman–Crippen LogP) is 3.13. The molecule has 3 aromatic rings. The Labute approximate surface area is 179 Å². The van der Waals surface area contributed by atoms with E-state index < -0.39 is 11.8 Å². The van der Waals surface area contributed by atoms with E-state index >= 15 is 0 Å². The molecule has 0 saturated carbocycles. The molecule has 31 heavy (non-hydrogen) atoms. The summed E-state index contributed by atoms with van der Waals surface area (Å²) in [5, 5.41) is 9.98. The summed E-state index contributed by atoms with van der Waals surface area (Å²) in [5.74, 6) is 0.677. The molecule has 0 aliphatic carbocycles. The smallest absolute Gasteiger partial charge is 0.299 e. The first kappa shape index (κ1) is 21.8. The van der Waals surface area contributed by atoms with E-state index in [1.165, 1.54) is 6.20 Å². The maximum atomic E-state index is 12.5. The lowest BCUT2D eigenvalue weighted by atomic mass is 10.1. The van der Waals surface area contributed by atoms with Crippen LogP contribution in [0, 0.1) is 0 Å². The Balaban J connectivity index is 1.68. The second-order valence-electron chi connectivity index (χ2n) is 6.33. The van der Waals surface area contributed by atoms with Crippen LogP contribution >= 0.6 is 0 Å². The summed E-state index contributed by atoms with van der Waals surface area (Å²) in [6.45, 7) is 2.51. The monoisotopic (exact) mass is 425 g/mol. The van der Waals surface area contributed by atoms with Gasteiger partial charge in [0.15, 0.2) is 5.69 Å². The summed E-state index contributed by atoms with van der Waals surface area (Å²) in [5.41, 5.74) is 3.86. The van der Waals surface area contributed by atoms with Gasteiger partial charge in [-0.3, -0.25) is 9.63 Å². The predicted molar refractivity (Wildman–Crippen MR) is 112 cm³/mol. The summed E-state index contributed by atoms with van der Waals surface area (Å²) in [6, 6.07) is 12.4. The number of amides is 1. The van der Waals surface area contributed by atoms with Gasteiger partial charge in [-0.05, 0) is 48.9 Å². The average Bonchev–Trinajstić information content (AvgIpc) is 2.79. The van der Waals surface area contributed by atoms with Crippen molar-refractivity contribution in [2.75, 3.05) is 20.8 Å². The molecule has 9 heteroatoms. The first-order valence-electron chi connectivity index (χ1n) is 9.47. The van der Waals surface area contributed by atoms with Gasteiger partial charge >= 0.3 is 0 Å². The summed E-state index contributed by atoms with van der Waals surface area (Å²) >= 11 is 0. The lowest BCUT2D eigenvalue weighted by Gasteiger charge is -2.10. The molecule has 0 aliphatic rings. The summed E-state index contributed by atoms with van der Waals surface area (Å²) in [6.07, 6.45) is 1.38.